The molecular weight excluding hydrogens is 256 g/mol. The smallest absolute Gasteiger partial charge is 0.249 e. The molecule has 0 bridgehead atoms. The Morgan fingerprint density at radius 3 is 2.61 bits per heavy atom. The third-order valence-electron chi connectivity index (χ3n) is 2.73. The molecule has 0 aliphatic rings. The highest BCUT2D eigenvalue weighted by Crippen LogP contribution is 2.15. The van der Waals surface area contributed by atoms with Gasteiger partial charge in [0.25, 0.3) is 0 Å². The summed E-state index contributed by atoms with van der Waals surface area (Å²) in [7, 11) is -3.56. The van der Waals surface area contributed by atoms with E-state index in [-0.39, 0.29) is 4.90 Å². The molecule has 0 spiro atoms. The first-order valence-corrected chi connectivity index (χ1v) is 7.01. The first-order chi connectivity index (χ1) is 8.50. The molecule has 0 aliphatic heterocycles. The summed E-state index contributed by atoms with van der Waals surface area (Å²) in [5, 5.41) is 6.01. The predicted molar refractivity (Wildman–Crippen MR) is 65.9 cm³/mol. The summed E-state index contributed by atoms with van der Waals surface area (Å²) in [6.45, 7) is 4.31. The molecule has 8 heteroatoms. The van der Waals surface area contributed by atoms with E-state index in [2.05, 4.69) is 10.2 Å². The minimum Gasteiger partial charge on any atom is -0.249 e. The molecule has 0 radical (unpaired) electrons. The SMILES string of the molecule is CCN(CC)S(=O)(=O)c1ccc2n[nH]c(=O)n2c1. The van der Waals surface area contributed by atoms with Crippen LogP contribution in [0.1, 0.15) is 13.8 Å². The lowest BCUT2D eigenvalue weighted by Gasteiger charge is -2.18. The van der Waals surface area contributed by atoms with E-state index in [1.807, 2.05) is 0 Å². The van der Waals surface area contributed by atoms with Crippen molar-refractivity contribution >= 4 is 15.7 Å². The number of aromatic amines is 1. The van der Waals surface area contributed by atoms with Gasteiger partial charge in [-0.15, -0.1) is 0 Å². The number of pyridine rings is 1. The molecule has 7 nitrogen and oxygen atoms in total. The summed E-state index contributed by atoms with van der Waals surface area (Å²) < 4.78 is 27.0. The van der Waals surface area contributed by atoms with Crippen molar-refractivity contribution in [1.29, 1.82) is 0 Å². The van der Waals surface area contributed by atoms with Gasteiger partial charge in [-0.3, -0.25) is 0 Å². The molecule has 0 aliphatic carbocycles. The van der Waals surface area contributed by atoms with Crippen molar-refractivity contribution in [3.63, 3.8) is 0 Å². The van der Waals surface area contributed by atoms with Crippen LogP contribution in [0.5, 0.6) is 0 Å². The highest BCUT2D eigenvalue weighted by atomic mass is 32.2. The quantitative estimate of drug-likeness (QED) is 0.850. The van der Waals surface area contributed by atoms with Gasteiger partial charge < -0.3 is 0 Å². The standard InChI is InChI=1S/C10H14N4O3S/c1-3-13(4-2)18(16,17)8-5-6-9-11-12-10(15)14(9)7-8/h5-7H,3-4H2,1-2H3,(H,12,15). The number of fused-ring (bicyclic) bond motifs is 1. The minimum absolute atomic E-state index is 0.0854. The largest absolute Gasteiger partial charge is 0.347 e. The first kappa shape index (κ1) is 12.8. The van der Waals surface area contributed by atoms with Gasteiger partial charge in [-0.25, -0.2) is 22.7 Å². The maximum absolute atomic E-state index is 12.3. The second-order valence-corrected chi connectivity index (χ2v) is 5.65. The average Bonchev–Trinajstić information content (AvgIpc) is 2.72. The maximum Gasteiger partial charge on any atom is 0.347 e. The van der Waals surface area contributed by atoms with Crippen LogP contribution in [0.15, 0.2) is 28.0 Å². The van der Waals surface area contributed by atoms with Gasteiger partial charge in [0.15, 0.2) is 5.65 Å². The number of H-pyrrole nitrogens is 1. The van der Waals surface area contributed by atoms with Crippen LogP contribution >= 0.6 is 0 Å². The molecule has 18 heavy (non-hydrogen) atoms. The molecule has 0 atom stereocenters. The van der Waals surface area contributed by atoms with Crippen LogP contribution < -0.4 is 5.69 Å². The molecule has 2 aromatic heterocycles. The maximum atomic E-state index is 12.3. The van der Waals surface area contributed by atoms with Crippen molar-refractivity contribution in [2.24, 2.45) is 0 Å². The van der Waals surface area contributed by atoms with Crippen LogP contribution in [-0.4, -0.2) is 40.4 Å². The molecule has 0 saturated heterocycles. The van der Waals surface area contributed by atoms with Crippen LogP contribution in [0.25, 0.3) is 5.65 Å². The Morgan fingerprint density at radius 2 is 2.00 bits per heavy atom. The van der Waals surface area contributed by atoms with E-state index >= 15 is 0 Å². The zero-order chi connectivity index (χ0) is 13.3. The number of hydrogen-bond acceptors (Lipinski definition) is 4. The summed E-state index contributed by atoms with van der Waals surface area (Å²) in [5.41, 5.74) is -0.0694. The Labute approximate surface area is 104 Å². The van der Waals surface area contributed by atoms with E-state index in [0.29, 0.717) is 18.7 Å². The molecule has 0 unspecified atom stereocenters. The van der Waals surface area contributed by atoms with Gasteiger partial charge in [-0.05, 0) is 12.1 Å². The third-order valence-corrected chi connectivity index (χ3v) is 4.76. The summed E-state index contributed by atoms with van der Waals surface area (Å²) >= 11 is 0. The van der Waals surface area contributed by atoms with Crippen molar-refractivity contribution in [1.82, 2.24) is 18.9 Å². The van der Waals surface area contributed by atoms with E-state index in [1.165, 1.54) is 27.0 Å². The van der Waals surface area contributed by atoms with Crippen LogP contribution in [0.2, 0.25) is 0 Å². The Kier molecular flexibility index (Phi) is 3.22. The van der Waals surface area contributed by atoms with Crippen LogP contribution in [-0.2, 0) is 10.0 Å². The van der Waals surface area contributed by atoms with E-state index in [0.717, 1.165) is 0 Å². The lowest BCUT2D eigenvalue weighted by Crippen LogP contribution is -2.31. The van der Waals surface area contributed by atoms with Gasteiger partial charge in [0.2, 0.25) is 10.0 Å². The van der Waals surface area contributed by atoms with Crippen molar-refractivity contribution < 1.29 is 8.42 Å². The van der Waals surface area contributed by atoms with Gasteiger partial charge >= 0.3 is 5.69 Å². The number of rotatable bonds is 4. The van der Waals surface area contributed by atoms with Crippen molar-refractivity contribution in [3.05, 3.63) is 28.8 Å². The molecule has 98 valence electrons. The van der Waals surface area contributed by atoms with E-state index < -0.39 is 15.7 Å². The summed E-state index contributed by atoms with van der Waals surface area (Å²) in [6, 6.07) is 2.94. The van der Waals surface area contributed by atoms with Crippen LogP contribution in [0.4, 0.5) is 0 Å². The second-order valence-electron chi connectivity index (χ2n) is 3.71. The highest BCUT2D eigenvalue weighted by Gasteiger charge is 2.22. The number of aromatic nitrogens is 3. The second kappa shape index (κ2) is 4.54. The van der Waals surface area contributed by atoms with Crippen LogP contribution in [0.3, 0.4) is 0 Å². The predicted octanol–water partition coefficient (Wildman–Crippen LogP) is 0.0531. The summed E-state index contributed by atoms with van der Waals surface area (Å²) in [4.78, 5) is 11.5. The van der Waals surface area contributed by atoms with Crippen molar-refractivity contribution in [2.75, 3.05) is 13.1 Å². The molecule has 0 fully saturated rings. The number of hydrogen-bond donors (Lipinski definition) is 1. The van der Waals surface area contributed by atoms with Crippen LogP contribution in [0, 0.1) is 0 Å². The zero-order valence-electron chi connectivity index (χ0n) is 10.1. The normalized spacial score (nSPS) is 12.4. The Morgan fingerprint density at radius 1 is 1.33 bits per heavy atom. The van der Waals surface area contributed by atoms with Gasteiger partial charge in [-0.2, -0.15) is 9.40 Å². The molecule has 2 heterocycles. The Hall–Kier alpha value is -1.67. The summed E-state index contributed by atoms with van der Waals surface area (Å²) in [5.74, 6) is 0. The van der Waals surface area contributed by atoms with Gasteiger partial charge in [0.05, 0.1) is 4.90 Å². The van der Waals surface area contributed by atoms with Crippen molar-refractivity contribution in [2.45, 2.75) is 18.7 Å². The highest BCUT2D eigenvalue weighted by molar-refractivity contribution is 7.89. The average molecular weight is 270 g/mol. The lowest BCUT2D eigenvalue weighted by molar-refractivity contribution is 0.445. The molecular formula is C10H14N4O3S. The zero-order valence-corrected chi connectivity index (χ0v) is 10.9. The topological polar surface area (TPSA) is 87.5 Å². The Balaban J connectivity index is 2.60. The fraction of sp³-hybridized carbons (Fsp3) is 0.400. The number of nitrogens with zero attached hydrogens (tertiary/aromatic N) is 3. The molecule has 0 aromatic carbocycles. The molecule has 0 amide bonds. The number of sulfonamides is 1. The lowest BCUT2D eigenvalue weighted by atomic mass is 10.5. The third kappa shape index (κ3) is 1.93. The first-order valence-electron chi connectivity index (χ1n) is 5.57. The monoisotopic (exact) mass is 270 g/mol. The summed E-state index contributed by atoms with van der Waals surface area (Å²) in [6.07, 6.45) is 1.29. The fourth-order valence-corrected chi connectivity index (χ4v) is 3.21. The van der Waals surface area contributed by atoms with Gasteiger partial charge in [-0.1, -0.05) is 13.8 Å². The fourth-order valence-electron chi connectivity index (χ4n) is 1.75. The molecule has 1 N–H and O–H groups in total. The van der Waals surface area contributed by atoms with E-state index in [4.69, 9.17) is 0 Å². The number of nitrogens with one attached hydrogen (secondary N) is 1. The van der Waals surface area contributed by atoms with E-state index in [1.54, 1.807) is 13.8 Å². The molecule has 2 aromatic rings. The minimum atomic E-state index is -3.56. The van der Waals surface area contributed by atoms with E-state index in [9.17, 15) is 13.2 Å². The molecule has 2 rings (SSSR count). The molecule has 0 saturated carbocycles. The Bertz CT molecular complexity index is 712. The van der Waals surface area contributed by atoms with Gasteiger partial charge in [0, 0.05) is 19.3 Å². The van der Waals surface area contributed by atoms with Crippen molar-refractivity contribution in [3.8, 4) is 0 Å². The van der Waals surface area contributed by atoms with Gasteiger partial charge in [0.1, 0.15) is 0 Å².